The maximum absolute atomic E-state index is 12.4. The number of anilines is 1. The van der Waals surface area contributed by atoms with Gasteiger partial charge < -0.3 is 19.9 Å². The summed E-state index contributed by atoms with van der Waals surface area (Å²) in [5.41, 5.74) is 1.02. The molecule has 0 aliphatic rings. The quantitative estimate of drug-likeness (QED) is 0.450. The second-order valence-corrected chi connectivity index (χ2v) is 5.42. The first-order valence-corrected chi connectivity index (χ1v) is 8.10. The molecule has 0 unspecified atom stereocenters. The molecule has 26 heavy (non-hydrogen) atoms. The zero-order valence-corrected chi connectivity index (χ0v) is 14.7. The van der Waals surface area contributed by atoms with E-state index in [1.807, 2.05) is 13.0 Å². The average molecular weight is 352 g/mol. The first-order valence-electron chi connectivity index (χ1n) is 8.10. The van der Waals surface area contributed by atoms with Gasteiger partial charge in [-0.1, -0.05) is 6.92 Å². The van der Waals surface area contributed by atoms with Crippen LogP contribution in [0.2, 0.25) is 0 Å². The van der Waals surface area contributed by atoms with Crippen molar-refractivity contribution in [2.24, 2.45) is 0 Å². The van der Waals surface area contributed by atoms with Gasteiger partial charge in [0.1, 0.15) is 28.9 Å². The lowest BCUT2D eigenvalue weighted by molar-refractivity contribution is -0.112. The van der Waals surface area contributed by atoms with Gasteiger partial charge in [-0.25, -0.2) is 0 Å². The number of methoxy groups -OCH3 is 1. The SMILES string of the molecule is CCCOc1cc(OC)ccc1/C=C(\C#N)C(=O)Nc1ccc(O)cc1. The molecule has 0 fully saturated rings. The maximum atomic E-state index is 12.4. The Balaban J connectivity index is 2.27. The van der Waals surface area contributed by atoms with Crippen LogP contribution in [0.4, 0.5) is 5.69 Å². The predicted molar refractivity (Wildman–Crippen MR) is 99.1 cm³/mol. The van der Waals surface area contributed by atoms with E-state index in [1.165, 1.54) is 18.2 Å². The van der Waals surface area contributed by atoms with Gasteiger partial charge in [0.2, 0.25) is 0 Å². The van der Waals surface area contributed by atoms with Gasteiger partial charge in [-0.05, 0) is 48.9 Å². The number of benzene rings is 2. The second-order valence-electron chi connectivity index (χ2n) is 5.42. The summed E-state index contributed by atoms with van der Waals surface area (Å²) in [5, 5.41) is 21.3. The molecule has 2 aromatic rings. The number of aromatic hydroxyl groups is 1. The fourth-order valence-corrected chi connectivity index (χ4v) is 2.15. The van der Waals surface area contributed by atoms with Crippen molar-refractivity contribution < 1.29 is 19.4 Å². The molecule has 0 aliphatic heterocycles. The zero-order chi connectivity index (χ0) is 18.9. The molecule has 6 nitrogen and oxygen atoms in total. The largest absolute Gasteiger partial charge is 0.508 e. The Morgan fingerprint density at radius 3 is 2.62 bits per heavy atom. The Labute approximate surface area is 152 Å². The maximum Gasteiger partial charge on any atom is 0.266 e. The summed E-state index contributed by atoms with van der Waals surface area (Å²) >= 11 is 0. The topological polar surface area (TPSA) is 91.6 Å². The summed E-state index contributed by atoms with van der Waals surface area (Å²) in [7, 11) is 1.56. The number of rotatable bonds is 7. The fraction of sp³-hybridized carbons (Fsp3) is 0.200. The van der Waals surface area contributed by atoms with E-state index in [-0.39, 0.29) is 11.3 Å². The molecule has 0 saturated heterocycles. The molecule has 0 radical (unpaired) electrons. The monoisotopic (exact) mass is 352 g/mol. The number of phenols is 1. The van der Waals surface area contributed by atoms with E-state index < -0.39 is 5.91 Å². The van der Waals surface area contributed by atoms with Crippen molar-refractivity contribution in [2.45, 2.75) is 13.3 Å². The minimum absolute atomic E-state index is 0.0652. The third-order valence-electron chi connectivity index (χ3n) is 3.47. The van der Waals surface area contributed by atoms with Gasteiger partial charge in [0, 0.05) is 17.3 Å². The van der Waals surface area contributed by atoms with Crippen LogP contribution in [0.25, 0.3) is 6.08 Å². The van der Waals surface area contributed by atoms with Crippen molar-refractivity contribution >= 4 is 17.7 Å². The van der Waals surface area contributed by atoms with Gasteiger partial charge in [0.15, 0.2) is 0 Å². The van der Waals surface area contributed by atoms with E-state index in [9.17, 15) is 15.2 Å². The highest BCUT2D eigenvalue weighted by Crippen LogP contribution is 2.27. The van der Waals surface area contributed by atoms with Crippen LogP contribution in [-0.2, 0) is 4.79 Å². The minimum atomic E-state index is -0.546. The first-order chi connectivity index (χ1) is 12.6. The smallest absolute Gasteiger partial charge is 0.266 e. The number of hydrogen-bond donors (Lipinski definition) is 2. The summed E-state index contributed by atoms with van der Waals surface area (Å²) in [6.45, 7) is 2.50. The Hall–Kier alpha value is -3.46. The van der Waals surface area contributed by atoms with Crippen molar-refractivity contribution in [3.05, 3.63) is 53.6 Å². The molecule has 6 heteroatoms. The van der Waals surface area contributed by atoms with E-state index in [2.05, 4.69) is 5.32 Å². The van der Waals surface area contributed by atoms with Crippen LogP contribution in [0.15, 0.2) is 48.0 Å². The number of hydrogen-bond acceptors (Lipinski definition) is 5. The van der Waals surface area contributed by atoms with Gasteiger partial charge in [-0.2, -0.15) is 5.26 Å². The molecule has 0 saturated carbocycles. The number of nitrogens with zero attached hydrogens (tertiary/aromatic N) is 1. The molecule has 0 heterocycles. The van der Waals surface area contributed by atoms with Crippen LogP contribution >= 0.6 is 0 Å². The molecule has 0 aromatic heterocycles. The molecular formula is C20H20N2O4. The van der Waals surface area contributed by atoms with Gasteiger partial charge in [-0.15, -0.1) is 0 Å². The highest BCUT2D eigenvalue weighted by Gasteiger charge is 2.12. The Morgan fingerprint density at radius 2 is 2.00 bits per heavy atom. The minimum Gasteiger partial charge on any atom is -0.508 e. The van der Waals surface area contributed by atoms with Crippen molar-refractivity contribution in [3.8, 4) is 23.3 Å². The molecule has 0 atom stereocenters. The average Bonchev–Trinajstić information content (AvgIpc) is 2.66. The van der Waals surface area contributed by atoms with Crippen LogP contribution in [0.1, 0.15) is 18.9 Å². The molecule has 2 rings (SSSR count). The van der Waals surface area contributed by atoms with Gasteiger partial charge in [0.05, 0.1) is 13.7 Å². The number of phenolic OH excluding ortho intramolecular Hbond substituents is 1. The zero-order valence-electron chi connectivity index (χ0n) is 14.7. The molecular weight excluding hydrogens is 332 g/mol. The molecule has 0 aliphatic carbocycles. The third-order valence-corrected chi connectivity index (χ3v) is 3.47. The number of carbonyl (C=O) groups excluding carboxylic acids is 1. The Kier molecular flexibility index (Phi) is 6.63. The normalized spacial score (nSPS) is 10.7. The van der Waals surface area contributed by atoms with E-state index >= 15 is 0 Å². The van der Waals surface area contributed by atoms with Gasteiger partial charge in [-0.3, -0.25) is 4.79 Å². The lowest BCUT2D eigenvalue weighted by Gasteiger charge is -2.11. The predicted octanol–water partition coefficient (Wildman–Crippen LogP) is 3.74. The molecule has 134 valence electrons. The van der Waals surface area contributed by atoms with Crippen LogP contribution in [-0.4, -0.2) is 24.7 Å². The molecule has 1 amide bonds. The van der Waals surface area contributed by atoms with Gasteiger partial charge in [0.25, 0.3) is 5.91 Å². The number of ether oxygens (including phenoxy) is 2. The Bertz CT molecular complexity index is 836. The summed E-state index contributed by atoms with van der Waals surface area (Å²) in [5.74, 6) is 0.710. The second kappa shape index (κ2) is 9.14. The van der Waals surface area contributed by atoms with Crippen molar-refractivity contribution in [1.29, 1.82) is 5.26 Å². The molecule has 2 aromatic carbocycles. The fourth-order valence-electron chi connectivity index (χ4n) is 2.15. The lowest BCUT2D eigenvalue weighted by atomic mass is 10.1. The lowest BCUT2D eigenvalue weighted by Crippen LogP contribution is -2.13. The van der Waals surface area contributed by atoms with Crippen molar-refractivity contribution in [1.82, 2.24) is 0 Å². The van der Waals surface area contributed by atoms with Crippen molar-refractivity contribution in [3.63, 3.8) is 0 Å². The molecule has 0 spiro atoms. The van der Waals surface area contributed by atoms with Crippen LogP contribution in [0.5, 0.6) is 17.2 Å². The molecule has 2 N–H and O–H groups in total. The summed E-state index contributed by atoms with van der Waals surface area (Å²) in [4.78, 5) is 12.4. The summed E-state index contributed by atoms with van der Waals surface area (Å²) < 4.78 is 10.9. The molecule has 0 bridgehead atoms. The highest BCUT2D eigenvalue weighted by atomic mass is 16.5. The highest BCUT2D eigenvalue weighted by molar-refractivity contribution is 6.09. The van der Waals surface area contributed by atoms with E-state index in [0.29, 0.717) is 29.4 Å². The number of nitrogens with one attached hydrogen (secondary N) is 1. The van der Waals surface area contributed by atoms with Crippen LogP contribution in [0.3, 0.4) is 0 Å². The van der Waals surface area contributed by atoms with Crippen molar-refractivity contribution in [2.75, 3.05) is 19.0 Å². The summed E-state index contributed by atoms with van der Waals surface area (Å²) in [6, 6.07) is 13.1. The number of carbonyl (C=O) groups is 1. The van der Waals surface area contributed by atoms with E-state index in [0.717, 1.165) is 6.42 Å². The first kappa shape index (κ1) is 18.9. The number of amides is 1. The third kappa shape index (κ3) is 5.02. The van der Waals surface area contributed by atoms with E-state index in [4.69, 9.17) is 9.47 Å². The van der Waals surface area contributed by atoms with Gasteiger partial charge >= 0.3 is 0 Å². The van der Waals surface area contributed by atoms with E-state index in [1.54, 1.807) is 37.4 Å². The Morgan fingerprint density at radius 1 is 1.27 bits per heavy atom. The van der Waals surface area contributed by atoms with Crippen LogP contribution in [0, 0.1) is 11.3 Å². The van der Waals surface area contributed by atoms with Crippen LogP contribution < -0.4 is 14.8 Å². The summed E-state index contributed by atoms with van der Waals surface area (Å²) in [6.07, 6.45) is 2.30. The standard InChI is InChI=1S/C20H20N2O4/c1-3-10-26-19-12-18(25-2)9-4-14(19)11-15(13-21)20(24)22-16-5-7-17(23)8-6-16/h4-9,11-12,23H,3,10H2,1-2H3,(H,22,24)/b15-11+. The number of nitriles is 1.